The number of benzene rings is 1. The Morgan fingerprint density at radius 1 is 1.40 bits per heavy atom. The number of nitrogens with zero attached hydrogens (tertiary/aromatic N) is 1. The van der Waals surface area contributed by atoms with Crippen LogP contribution in [-0.2, 0) is 11.3 Å². The number of para-hydroxylation sites is 1. The van der Waals surface area contributed by atoms with Crippen LogP contribution in [-0.4, -0.2) is 37.0 Å². The molecule has 2 rings (SSSR count). The maximum absolute atomic E-state index is 12.5. The first-order chi connectivity index (χ1) is 9.76. The average Bonchev–Trinajstić information content (AvgIpc) is 2.48. The highest BCUT2D eigenvalue weighted by Gasteiger charge is 2.28. The summed E-state index contributed by atoms with van der Waals surface area (Å²) in [5.41, 5.74) is 1.07. The van der Waals surface area contributed by atoms with E-state index in [1.54, 1.807) is 7.11 Å². The third-order valence-corrected chi connectivity index (χ3v) is 3.73. The van der Waals surface area contributed by atoms with E-state index in [1.165, 1.54) is 0 Å². The number of carbonyl (C=O) groups excluding carboxylic acids is 1. The van der Waals surface area contributed by atoms with Gasteiger partial charge in [0.1, 0.15) is 5.75 Å². The van der Waals surface area contributed by atoms with Crippen LogP contribution in [0.25, 0.3) is 0 Å². The Balaban J connectivity index is 2.03. The van der Waals surface area contributed by atoms with Crippen molar-refractivity contribution in [1.29, 1.82) is 0 Å². The molecule has 1 unspecified atom stereocenters. The van der Waals surface area contributed by atoms with Gasteiger partial charge in [-0.1, -0.05) is 25.1 Å². The molecular formula is C16H24N2O2. The lowest BCUT2D eigenvalue weighted by atomic mass is 10.0. The molecule has 4 nitrogen and oxygen atoms in total. The minimum absolute atomic E-state index is 0.0154. The Labute approximate surface area is 121 Å². The highest BCUT2D eigenvalue weighted by atomic mass is 16.5. The number of carbonyl (C=O) groups is 1. The lowest BCUT2D eigenvalue weighted by molar-refractivity contribution is -0.136. The molecular weight excluding hydrogens is 252 g/mol. The van der Waals surface area contributed by atoms with Crippen LogP contribution in [0.4, 0.5) is 0 Å². The van der Waals surface area contributed by atoms with Crippen molar-refractivity contribution in [3.05, 3.63) is 29.8 Å². The zero-order valence-corrected chi connectivity index (χ0v) is 12.4. The minimum atomic E-state index is -0.0154. The fourth-order valence-electron chi connectivity index (χ4n) is 2.64. The molecule has 20 heavy (non-hydrogen) atoms. The third kappa shape index (κ3) is 3.51. The van der Waals surface area contributed by atoms with E-state index in [9.17, 15) is 4.79 Å². The molecule has 0 saturated carbocycles. The van der Waals surface area contributed by atoms with Gasteiger partial charge in [-0.25, -0.2) is 0 Å². The van der Waals surface area contributed by atoms with Crippen LogP contribution in [0, 0.1) is 0 Å². The summed E-state index contributed by atoms with van der Waals surface area (Å²) in [6.07, 6.45) is 3.06. The summed E-state index contributed by atoms with van der Waals surface area (Å²) in [6, 6.07) is 7.88. The van der Waals surface area contributed by atoms with E-state index >= 15 is 0 Å². The second-order valence-electron chi connectivity index (χ2n) is 5.22. The van der Waals surface area contributed by atoms with Gasteiger partial charge in [-0.2, -0.15) is 0 Å². The predicted molar refractivity (Wildman–Crippen MR) is 79.7 cm³/mol. The van der Waals surface area contributed by atoms with Crippen LogP contribution >= 0.6 is 0 Å². The van der Waals surface area contributed by atoms with Crippen LogP contribution in [0.1, 0.15) is 31.7 Å². The normalized spacial score (nSPS) is 19.2. The third-order valence-electron chi connectivity index (χ3n) is 3.73. The number of hydrogen-bond acceptors (Lipinski definition) is 3. The van der Waals surface area contributed by atoms with Gasteiger partial charge in [0, 0.05) is 18.7 Å². The zero-order chi connectivity index (χ0) is 14.4. The van der Waals surface area contributed by atoms with Gasteiger partial charge in [-0.05, 0) is 31.9 Å². The number of methoxy groups -OCH3 is 1. The maximum Gasteiger partial charge on any atom is 0.240 e. The first kappa shape index (κ1) is 14.9. The van der Waals surface area contributed by atoms with Crippen molar-refractivity contribution >= 4 is 5.91 Å². The fourth-order valence-corrected chi connectivity index (χ4v) is 2.64. The van der Waals surface area contributed by atoms with E-state index < -0.39 is 0 Å². The summed E-state index contributed by atoms with van der Waals surface area (Å²) in [5.74, 6) is 1.07. The molecule has 110 valence electrons. The van der Waals surface area contributed by atoms with E-state index in [1.807, 2.05) is 29.2 Å². The number of hydrogen-bond donors (Lipinski definition) is 1. The van der Waals surface area contributed by atoms with E-state index in [0.717, 1.165) is 43.7 Å². The molecule has 0 spiro atoms. The molecule has 1 fully saturated rings. The number of nitrogens with one attached hydrogen (secondary N) is 1. The highest BCUT2D eigenvalue weighted by Crippen LogP contribution is 2.22. The molecule has 1 heterocycles. The fraction of sp³-hybridized carbons (Fsp3) is 0.562. The summed E-state index contributed by atoms with van der Waals surface area (Å²) in [5, 5.41) is 3.34. The zero-order valence-electron chi connectivity index (χ0n) is 12.4. The van der Waals surface area contributed by atoms with E-state index in [-0.39, 0.29) is 11.9 Å². The van der Waals surface area contributed by atoms with Gasteiger partial charge in [0.25, 0.3) is 0 Å². The molecule has 1 aliphatic heterocycles. The lowest BCUT2D eigenvalue weighted by Gasteiger charge is -2.33. The largest absolute Gasteiger partial charge is 0.496 e. The molecule has 1 aromatic rings. The van der Waals surface area contributed by atoms with Gasteiger partial charge in [-0.15, -0.1) is 0 Å². The number of piperidine rings is 1. The van der Waals surface area contributed by atoms with Gasteiger partial charge in [-0.3, -0.25) is 4.79 Å². The molecule has 4 heteroatoms. The van der Waals surface area contributed by atoms with Crippen molar-refractivity contribution in [3.63, 3.8) is 0 Å². The first-order valence-electron chi connectivity index (χ1n) is 7.40. The molecule has 0 radical (unpaired) electrons. The molecule has 1 atom stereocenters. The SMILES string of the molecule is CCCNC1CCCN(Cc2ccccc2OC)C1=O. The smallest absolute Gasteiger partial charge is 0.240 e. The molecule has 1 aromatic carbocycles. The Bertz CT molecular complexity index is 448. The van der Waals surface area contributed by atoms with Crippen LogP contribution in [0.2, 0.25) is 0 Å². The number of likely N-dealkylation sites (tertiary alicyclic amines) is 1. The maximum atomic E-state index is 12.5. The van der Waals surface area contributed by atoms with Crippen molar-refractivity contribution in [2.75, 3.05) is 20.2 Å². The Kier molecular flexibility index (Phi) is 5.41. The second kappa shape index (κ2) is 7.29. The summed E-state index contributed by atoms with van der Waals surface area (Å²) in [6.45, 7) is 4.49. The van der Waals surface area contributed by atoms with Gasteiger partial charge < -0.3 is 15.0 Å². The van der Waals surface area contributed by atoms with Crippen LogP contribution < -0.4 is 10.1 Å². The van der Waals surface area contributed by atoms with Gasteiger partial charge in [0.2, 0.25) is 5.91 Å². The monoisotopic (exact) mass is 276 g/mol. The van der Waals surface area contributed by atoms with Gasteiger partial charge in [0.05, 0.1) is 13.2 Å². The number of amides is 1. The summed E-state index contributed by atoms with van der Waals surface area (Å²) in [4.78, 5) is 14.4. The highest BCUT2D eigenvalue weighted by molar-refractivity contribution is 5.82. The Morgan fingerprint density at radius 3 is 2.95 bits per heavy atom. The van der Waals surface area contributed by atoms with Crippen LogP contribution in [0.5, 0.6) is 5.75 Å². The molecule has 0 bridgehead atoms. The van der Waals surface area contributed by atoms with E-state index in [2.05, 4.69) is 12.2 Å². The Morgan fingerprint density at radius 2 is 2.20 bits per heavy atom. The van der Waals surface area contributed by atoms with Crippen molar-refractivity contribution in [3.8, 4) is 5.75 Å². The minimum Gasteiger partial charge on any atom is -0.496 e. The number of ether oxygens (including phenoxy) is 1. The molecule has 0 aliphatic carbocycles. The summed E-state index contributed by atoms with van der Waals surface area (Å²) in [7, 11) is 1.67. The van der Waals surface area contributed by atoms with Crippen LogP contribution in [0.3, 0.4) is 0 Å². The van der Waals surface area contributed by atoms with Gasteiger partial charge >= 0.3 is 0 Å². The first-order valence-corrected chi connectivity index (χ1v) is 7.40. The lowest BCUT2D eigenvalue weighted by Crippen LogP contribution is -2.50. The number of rotatable bonds is 6. The topological polar surface area (TPSA) is 41.6 Å². The van der Waals surface area contributed by atoms with Crippen molar-refractivity contribution in [2.45, 2.75) is 38.8 Å². The quantitative estimate of drug-likeness (QED) is 0.866. The molecule has 1 amide bonds. The average molecular weight is 276 g/mol. The van der Waals surface area contributed by atoms with Crippen molar-refractivity contribution < 1.29 is 9.53 Å². The molecule has 1 N–H and O–H groups in total. The predicted octanol–water partition coefficient (Wildman–Crippen LogP) is 2.19. The van der Waals surface area contributed by atoms with Crippen molar-refractivity contribution in [2.24, 2.45) is 0 Å². The van der Waals surface area contributed by atoms with Crippen LogP contribution in [0.15, 0.2) is 24.3 Å². The summed E-state index contributed by atoms with van der Waals surface area (Å²) >= 11 is 0. The molecule has 1 aliphatic rings. The van der Waals surface area contributed by atoms with E-state index in [4.69, 9.17) is 4.74 Å². The van der Waals surface area contributed by atoms with Crippen molar-refractivity contribution in [1.82, 2.24) is 10.2 Å². The molecule has 0 aromatic heterocycles. The summed E-state index contributed by atoms with van der Waals surface area (Å²) < 4.78 is 5.36. The Hall–Kier alpha value is -1.55. The van der Waals surface area contributed by atoms with E-state index in [0.29, 0.717) is 6.54 Å². The second-order valence-corrected chi connectivity index (χ2v) is 5.22. The van der Waals surface area contributed by atoms with Gasteiger partial charge in [0.15, 0.2) is 0 Å². The molecule has 1 saturated heterocycles. The standard InChI is InChI=1S/C16H24N2O2/c1-3-10-17-14-8-6-11-18(16(14)19)12-13-7-4-5-9-15(13)20-2/h4-5,7,9,14,17H,3,6,8,10-12H2,1-2H3.